The molecule has 1 aliphatic rings. The zero-order chi connectivity index (χ0) is 9.97. The van der Waals surface area contributed by atoms with Crippen LogP contribution in [0.2, 0.25) is 0 Å². The highest BCUT2D eigenvalue weighted by molar-refractivity contribution is 7.11. The van der Waals surface area contributed by atoms with E-state index < -0.39 is 0 Å². The third-order valence-corrected chi connectivity index (χ3v) is 3.35. The number of amides is 2. The predicted molar refractivity (Wildman–Crippen MR) is 55.3 cm³/mol. The molecule has 0 unspecified atom stereocenters. The fourth-order valence-corrected chi connectivity index (χ4v) is 2.29. The van der Waals surface area contributed by atoms with Crippen LogP contribution in [0.1, 0.15) is 16.8 Å². The van der Waals surface area contributed by atoms with Gasteiger partial charge in [0.2, 0.25) is 0 Å². The van der Waals surface area contributed by atoms with Gasteiger partial charge in [0.1, 0.15) is 5.01 Å². The number of carbonyl (C=O) groups is 1. The Kier molecular flexibility index (Phi) is 2.67. The quantitative estimate of drug-likeness (QED) is 0.817. The van der Waals surface area contributed by atoms with Crippen LogP contribution < -0.4 is 5.32 Å². The van der Waals surface area contributed by atoms with Crippen LogP contribution >= 0.6 is 11.3 Å². The van der Waals surface area contributed by atoms with E-state index in [4.69, 9.17) is 0 Å². The van der Waals surface area contributed by atoms with E-state index in [2.05, 4.69) is 17.2 Å². The van der Waals surface area contributed by atoms with Gasteiger partial charge in [-0.2, -0.15) is 0 Å². The molecule has 1 fully saturated rings. The summed E-state index contributed by atoms with van der Waals surface area (Å²) in [7, 11) is 0. The molecule has 0 radical (unpaired) electrons. The number of urea groups is 1. The van der Waals surface area contributed by atoms with Crippen LogP contribution in [0.3, 0.4) is 0 Å². The van der Waals surface area contributed by atoms with Gasteiger partial charge in [-0.1, -0.05) is 6.92 Å². The number of hydrogen-bond donors (Lipinski definition) is 1. The average molecular weight is 211 g/mol. The molecule has 0 spiro atoms. The van der Waals surface area contributed by atoms with E-state index in [0.717, 1.165) is 24.5 Å². The fraction of sp³-hybridized carbons (Fsp3) is 0.556. The van der Waals surface area contributed by atoms with Crippen molar-refractivity contribution in [2.75, 3.05) is 13.1 Å². The molecular weight excluding hydrogens is 198 g/mol. The van der Waals surface area contributed by atoms with Crippen molar-refractivity contribution in [3.8, 4) is 0 Å². The Balaban J connectivity index is 1.99. The highest BCUT2D eigenvalue weighted by Crippen LogP contribution is 2.15. The number of thiazole rings is 1. The summed E-state index contributed by atoms with van der Waals surface area (Å²) in [5, 5.41) is 3.80. The third kappa shape index (κ3) is 1.87. The van der Waals surface area contributed by atoms with Crippen molar-refractivity contribution in [1.29, 1.82) is 0 Å². The molecule has 2 heterocycles. The van der Waals surface area contributed by atoms with Gasteiger partial charge in [0.15, 0.2) is 0 Å². The zero-order valence-electron chi connectivity index (χ0n) is 8.12. The van der Waals surface area contributed by atoms with Gasteiger partial charge in [-0.25, -0.2) is 9.78 Å². The molecule has 76 valence electrons. The smallest absolute Gasteiger partial charge is 0.317 e. The van der Waals surface area contributed by atoms with Gasteiger partial charge < -0.3 is 10.2 Å². The maximum absolute atomic E-state index is 11.2. The molecule has 2 rings (SSSR count). The lowest BCUT2D eigenvalue weighted by molar-refractivity contribution is 0.215. The Labute approximate surface area is 86.9 Å². The minimum absolute atomic E-state index is 0.0262. The van der Waals surface area contributed by atoms with Crippen molar-refractivity contribution >= 4 is 17.4 Å². The van der Waals surface area contributed by atoms with E-state index in [1.807, 2.05) is 6.20 Å². The molecule has 0 aliphatic carbocycles. The molecule has 2 amide bonds. The number of aryl methyl sites for hydroxylation is 1. The molecule has 1 aliphatic heterocycles. The zero-order valence-corrected chi connectivity index (χ0v) is 8.93. The molecule has 1 aromatic heterocycles. The van der Waals surface area contributed by atoms with Crippen LogP contribution in [0.25, 0.3) is 0 Å². The van der Waals surface area contributed by atoms with Crippen molar-refractivity contribution in [3.05, 3.63) is 16.1 Å². The largest absolute Gasteiger partial charge is 0.336 e. The first-order valence-corrected chi connectivity index (χ1v) is 5.57. The standard InChI is InChI=1S/C9H13N3OS/c1-2-7-5-11-8(14-7)6-12-4-3-10-9(12)13/h5H,2-4,6H2,1H3,(H,10,13). The van der Waals surface area contributed by atoms with E-state index in [9.17, 15) is 4.79 Å². The predicted octanol–water partition coefficient (Wildman–Crippen LogP) is 1.23. The van der Waals surface area contributed by atoms with Gasteiger partial charge in [0.05, 0.1) is 6.54 Å². The lowest BCUT2D eigenvalue weighted by Crippen LogP contribution is -2.27. The van der Waals surface area contributed by atoms with Crippen molar-refractivity contribution < 1.29 is 4.79 Å². The van der Waals surface area contributed by atoms with Gasteiger partial charge in [-0.3, -0.25) is 0 Å². The van der Waals surface area contributed by atoms with Gasteiger partial charge in [0.25, 0.3) is 0 Å². The van der Waals surface area contributed by atoms with Crippen molar-refractivity contribution in [3.63, 3.8) is 0 Å². The SMILES string of the molecule is CCc1cnc(CN2CCNC2=O)s1. The highest BCUT2D eigenvalue weighted by atomic mass is 32.1. The van der Waals surface area contributed by atoms with E-state index in [0.29, 0.717) is 6.54 Å². The van der Waals surface area contributed by atoms with E-state index in [1.54, 1.807) is 16.2 Å². The van der Waals surface area contributed by atoms with Crippen LogP contribution in [0.5, 0.6) is 0 Å². The first-order chi connectivity index (χ1) is 6.79. The van der Waals surface area contributed by atoms with Gasteiger partial charge in [-0.15, -0.1) is 11.3 Å². The third-order valence-electron chi connectivity index (χ3n) is 2.22. The lowest BCUT2D eigenvalue weighted by atomic mass is 10.4. The van der Waals surface area contributed by atoms with Gasteiger partial charge in [0, 0.05) is 24.2 Å². The summed E-state index contributed by atoms with van der Waals surface area (Å²) in [6.45, 7) is 4.31. The van der Waals surface area contributed by atoms with Gasteiger partial charge in [-0.05, 0) is 6.42 Å². The summed E-state index contributed by atoms with van der Waals surface area (Å²) >= 11 is 1.69. The summed E-state index contributed by atoms with van der Waals surface area (Å²) in [6.07, 6.45) is 2.91. The van der Waals surface area contributed by atoms with E-state index in [1.165, 1.54) is 4.88 Å². The summed E-state index contributed by atoms with van der Waals surface area (Å²) in [6, 6.07) is 0.0262. The molecule has 4 nitrogen and oxygen atoms in total. The van der Waals surface area contributed by atoms with Crippen LogP contribution in [-0.4, -0.2) is 29.0 Å². The van der Waals surface area contributed by atoms with Crippen molar-refractivity contribution in [1.82, 2.24) is 15.2 Å². The van der Waals surface area contributed by atoms with Gasteiger partial charge >= 0.3 is 6.03 Å². The molecule has 1 saturated heterocycles. The Morgan fingerprint density at radius 2 is 2.57 bits per heavy atom. The Bertz CT molecular complexity index is 337. The Hall–Kier alpha value is -1.10. The maximum atomic E-state index is 11.2. The summed E-state index contributed by atoms with van der Waals surface area (Å²) in [4.78, 5) is 18.6. The molecule has 5 heteroatoms. The first-order valence-electron chi connectivity index (χ1n) is 4.76. The number of carbonyl (C=O) groups excluding carboxylic acids is 1. The number of aromatic nitrogens is 1. The Morgan fingerprint density at radius 1 is 1.71 bits per heavy atom. The van der Waals surface area contributed by atoms with Crippen LogP contribution in [0, 0.1) is 0 Å². The summed E-state index contributed by atoms with van der Waals surface area (Å²) in [5.74, 6) is 0. The highest BCUT2D eigenvalue weighted by Gasteiger charge is 2.20. The molecule has 0 atom stereocenters. The average Bonchev–Trinajstić information content (AvgIpc) is 2.77. The number of nitrogens with one attached hydrogen (secondary N) is 1. The van der Waals surface area contributed by atoms with Crippen LogP contribution in [0.4, 0.5) is 4.79 Å². The second-order valence-corrected chi connectivity index (χ2v) is 4.43. The van der Waals surface area contributed by atoms with Crippen LogP contribution in [-0.2, 0) is 13.0 Å². The molecule has 0 aromatic carbocycles. The second kappa shape index (κ2) is 3.96. The normalized spacial score (nSPS) is 16.1. The number of nitrogens with zero attached hydrogens (tertiary/aromatic N) is 2. The first kappa shape index (κ1) is 9.45. The molecule has 1 N–H and O–H groups in total. The Morgan fingerprint density at radius 3 is 3.14 bits per heavy atom. The topological polar surface area (TPSA) is 45.2 Å². The minimum atomic E-state index is 0.0262. The number of hydrogen-bond acceptors (Lipinski definition) is 3. The summed E-state index contributed by atoms with van der Waals surface area (Å²) < 4.78 is 0. The second-order valence-electron chi connectivity index (χ2n) is 3.23. The monoisotopic (exact) mass is 211 g/mol. The number of rotatable bonds is 3. The molecule has 0 bridgehead atoms. The van der Waals surface area contributed by atoms with E-state index in [-0.39, 0.29) is 6.03 Å². The van der Waals surface area contributed by atoms with Crippen molar-refractivity contribution in [2.24, 2.45) is 0 Å². The molecule has 0 saturated carbocycles. The summed E-state index contributed by atoms with van der Waals surface area (Å²) in [5.41, 5.74) is 0. The molecule has 1 aromatic rings. The van der Waals surface area contributed by atoms with Crippen molar-refractivity contribution in [2.45, 2.75) is 19.9 Å². The maximum Gasteiger partial charge on any atom is 0.317 e. The van der Waals surface area contributed by atoms with E-state index >= 15 is 0 Å². The fourth-order valence-electron chi connectivity index (χ4n) is 1.41. The molecular formula is C9H13N3OS. The molecule has 14 heavy (non-hydrogen) atoms. The minimum Gasteiger partial charge on any atom is -0.336 e. The van der Waals surface area contributed by atoms with Crippen LogP contribution in [0.15, 0.2) is 6.20 Å². The lowest BCUT2D eigenvalue weighted by Gasteiger charge is -2.10.